The van der Waals surface area contributed by atoms with E-state index in [9.17, 15) is 4.79 Å². The molecular weight excluding hydrogens is 312 g/mol. The molecule has 0 amide bonds. The van der Waals surface area contributed by atoms with E-state index < -0.39 is 11.2 Å². The Morgan fingerprint density at radius 2 is 1.83 bits per heavy atom. The van der Waals surface area contributed by atoms with Crippen molar-refractivity contribution in [2.24, 2.45) is 0 Å². The molecule has 0 aliphatic carbocycles. The monoisotopic (exact) mass is 330 g/mol. The molecule has 0 aliphatic rings. The lowest BCUT2D eigenvalue weighted by Gasteiger charge is -2.24. The number of rotatable bonds is 5. The second-order valence-corrected chi connectivity index (χ2v) is 5.78. The highest BCUT2D eigenvalue weighted by atomic mass is 16.5. The van der Waals surface area contributed by atoms with Gasteiger partial charge in [-0.15, -0.1) is 0 Å². The van der Waals surface area contributed by atoms with Crippen LogP contribution in [0.3, 0.4) is 0 Å². The van der Waals surface area contributed by atoms with Gasteiger partial charge in [-0.05, 0) is 26.0 Å². The van der Waals surface area contributed by atoms with Crippen molar-refractivity contribution in [1.82, 2.24) is 0 Å². The third-order valence-corrected chi connectivity index (χ3v) is 3.76. The second kappa shape index (κ2) is 5.63. The standard InChI is InChI=1S/C18H18O6/c1-6-18(2,3)24-15-13-12(23-17(19)16(15)21-5)9-11-10(7-8-22-11)14(13)20-4/h6-9H,1H2,2-5H3. The first-order chi connectivity index (χ1) is 11.4. The molecule has 6 nitrogen and oxygen atoms in total. The summed E-state index contributed by atoms with van der Waals surface area (Å²) in [4.78, 5) is 12.3. The largest absolute Gasteiger partial charge is 0.495 e. The van der Waals surface area contributed by atoms with Crippen molar-refractivity contribution < 1.29 is 23.0 Å². The smallest absolute Gasteiger partial charge is 0.383 e. The van der Waals surface area contributed by atoms with Gasteiger partial charge in [0.25, 0.3) is 0 Å². The Morgan fingerprint density at radius 1 is 1.12 bits per heavy atom. The first-order valence-corrected chi connectivity index (χ1v) is 7.33. The number of fused-ring (bicyclic) bond motifs is 2. The van der Waals surface area contributed by atoms with E-state index in [-0.39, 0.29) is 17.1 Å². The van der Waals surface area contributed by atoms with Gasteiger partial charge in [0.1, 0.15) is 27.9 Å². The van der Waals surface area contributed by atoms with Gasteiger partial charge in [0.05, 0.1) is 25.9 Å². The highest BCUT2D eigenvalue weighted by molar-refractivity contribution is 6.04. The summed E-state index contributed by atoms with van der Waals surface area (Å²) in [6.07, 6.45) is 3.17. The van der Waals surface area contributed by atoms with Gasteiger partial charge in [0, 0.05) is 6.07 Å². The summed E-state index contributed by atoms with van der Waals surface area (Å²) in [6, 6.07) is 3.40. The summed E-state index contributed by atoms with van der Waals surface area (Å²) in [5.41, 5.74) is -0.547. The van der Waals surface area contributed by atoms with Gasteiger partial charge in [0.2, 0.25) is 5.75 Å². The van der Waals surface area contributed by atoms with Gasteiger partial charge in [-0.1, -0.05) is 6.58 Å². The SMILES string of the molecule is C=CC(C)(C)Oc1c(OC)c(=O)oc2cc3occc3c(OC)c12. The van der Waals surface area contributed by atoms with E-state index in [1.165, 1.54) is 20.5 Å². The molecule has 0 unspecified atom stereocenters. The topological polar surface area (TPSA) is 71.0 Å². The van der Waals surface area contributed by atoms with E-state index in [0.717, 1.165) is 5.39 Å². The Kier molecular flexibility index (Phi) is 3.75. The minimum atomic E-state index is -0.732. The van der Waals surface area contributed by atoms with Gasteiger partial charge in [0.15, 0.2) is 5.75 Å². The fraction of sp³-hybridized carbons (Fsp3) is 0.278. The van der Waals surface area contributed by atoms with Crippen LogP contribution >= 0.6 is 0 Å². The Balaban J connectivity index is 2.48. The fourth-order valence-electron chi connectivity index (χ4n) is 2.50. The zero-order chi connectivity index (χ0) is 17.5. The van der Waals surface area contributed by atoms with Crippen molar-refractivity contribution in [2.45, 2.75) is 19.4 Å². The molecule has 0 N–H and O–H groups in total. The molecule has 126 valence electrons. The summed E-state index contributed by atoms with van der Waals surface area (Å²) < 4.78 is 27.6. The number of hydrogen-bond donors (Lipinski definition) is 0. The van der Waals surface area contributed by atoms with Gasteiger partial charge in [-0.25, -0.2) is 4.79 Å². The number of benzene rings is 1. The summed E-state index contributed by atoms with van der Waals surface area (Å²) in [5, 5.41) is 1.24. The van der Waals surface area contributed by atoms with E-state index >= 15 is 0 Å². The lowest BCUT2D eigenvalue weighted by Crippen LogP contribution is -2.26. The predicted molar refractivity (Wildman–Crippen MR) is 90.3 cm³/mol. The normalized spacial score (nSPS) is 11.7. The summed E-state index contributed by atoms with van der Waals surface area (Å²) in [5.74, 6) is 0.695. The highest BCUT2D eigenvalue weighted by Gasteiger charge is 2.27. The summed E-state index contributed by atoms with van der Waals surface area (Å²) in [6.45, 7) is 7.40. The van der Waals surface area contributed by atoms with Crippen LogP contribution in [0.4, 0.5) is 0 Å². The van der Waals surface area contributed by atoms with E-state index in [1.54, 1.807) is 18.2 Å². The minimum Gasteiger partial charge on any atom is -0.495 e. The van der Waals surface area contributed by atoms with Crippen molar-refractivity contribution in [3.63, 3.8) is 0 Å². The molecule has 0 spiro atoms. The van der Waals surface area contributed by atoms with Gasteiger partial charge in [-0.2, -0.15) is 0 Å². The highest BCUT2D eigenvalue weighted by Crippen LogP contribution is 2.44. The molecule has 0 atom stereocenters. The molecule has 1 aromatic carbocycles. The quantitative estimate of drug-likeness (QED) is 0.522. The van der Waals surface area contributed by atoms with Crippen LogP contribution in [-0.2, 0) is 0 Å². The summed E-state index contributed by atoms with van der Waals surface area (Å²) in [7, 11) is 2.91. The van der Waals surface area contributed by atoms with Crippen LogP contribution in [0.1, 0.15) is 13.8 Å². The van der Waals surface area contributed by atoms with Crippen LogP contribution in [0.5, 0.6) is 17.2 Å². The molecule has 2 heterocycles. The Morgan fingerprint density at radius 3 is 2.46 bits per heavy atom. The molecule has 0 radical (unpaired) electrons. The lowest BCUT2D eigenvalue weighted by molar-refractivity contribution is 0.156. The van der Waals surface area contributed by atoms with Gasteiger partial charge >= 0.3 is 5.63 Å². The fourth-order valence-corrected chi connectivity index (χ4v) is 2.50. The Bertz CT molecular complexity index is 976. The van der Waals surface area contributed by atoms with Gasteiger partial charge in [-0.3, -0.25) is 0 Å². The molecular formula is C18H18O6. The third kappa shape index (κ3) is 2.40. The second-order valence-electron chi connectivity index (χ2n) is 5.78. The van der Waals surface area contributed by atoms with Gasteiger partial charge < -0.3 is 23.0 Å². The van der Waals surface area contributed by atoms with Crippen molar-refractivity contribution in [3.8, 4) is 17.2 Å². The predicted octanol–water partition coefficient (Wildman–Crippen LogP) is 3.90. The molecule has 0 fully saturated rings. The maximum absolute atomic E-state index is 12.3. The number of hydrogen-bond acceptors (Lipinski definition) is 6. The molecule has 3 rings (SSSR count). The molecule has 0 saturated heterocycles. The van der Waals surface area contributed by atoms with E-state index in [0.29, 0.717) is 16.7 Å². The first-order valence-electron chi connectivity index (χ1n) is 7.33. The maximum Gasteiger partial charge on any atom is 0.383 e. The molecule has 3 aromatic rings. The van der Waals surface area contributed by atoms with Crippen LogP contribution in [0.2, 0.25) is 0 Å². The molecule has 6 heteroatoms. The zero-order valence-electron chi connectivity index (χ0n) is 14.0. The van der Waals surface area contributed by atoms with Crippen molar-refractivity contribution in [1.29, 1.82) is 0 Å². The van der Waals surface area contributed by atoms with Crippen LogP contribution < -0.4 is 19.8 Å². The number of ether oxygens (including phenoxy) is 3. The van der Waals surface area contributed by atoms with Crippen molar-refractivity contribution in [2.75, 3.05) is 14.2 Å². The zero-order valence-corrected chi connectivity index (χ0v) is 14.0. The first kappa shape index (κ1) is 16.0. The van der Waals surface area contributed by atoms with Crippen molar-refractivity contribution >= 4 is 21.9 Å². The Hall–Kier alpha value is -2.89. The minimum absolute atomic E-state index is 0.0291. The van der Waals surface area contributed by atoms with Crippen molar-refractivity contribution in [3.05, 3.63) is 41.5 Å². The average Bonchev–Trinajstić information content (AvgIpc) is 3.00. The molecule has 0 bridgehead atoms. The lowest BCUT2D eigenvalue weighted by atomic mass is 10.1. The number of methoxy groups -OCH3 is 2. The molecule has 0 aliphatic heterocycles. The van der Waals surface area contributed by atoms with Crippen LogP contribution in [-0.4, -0.2) is 19.8 Å². The Labute approximate surface area is 138 Å². The van der Waals surface area contributed by atoms with Crippen LogP contribution in [0.25, 0.3) is 21.9 Å². The molecule has 2 aromatic heterocycles. The average molecular weight is 330 g/mol. The van der Waals surface area contributed by atoms with Crippen LogP contribution in [0.15, 0.2) is 44.7 Å². The van der Waals surface area contributed by atoms with E-state index in [4.69, 9.17) is 23.0 Å². The maximum atomic E-state index is 12.3. The van der Waals surface area contributed by atoms with E-state index in [2.05, 4.69) is 6.58 Å². The summed E-state index contributed by atoms with van der Waals surface area (Å²) >= 11 is 0. The third-order valence-electron chi connectivity index (χ3n) is 3.76. The van der Waals surface area contributed by atoms with Crippen LogP contribution in [0, 0.1) is 0 Å². The number of furan rings is 1. The molecule has 0 saturated carbocycles. The molecule has 24 heavy (non-hydrogen) atoms. The van der Waals surface area contributed by atoms with E-state index in [1.807, 2.05) is 13.8 Å².